The highest BCUT2D eigenvalue weighted by molar-refractivity contribution is 5.46. The molecule has 0 amide bonds. The van der Waals surface area contributed by atoms with E-state index in [1.807, 2.05) is 12.1 Å². The van der Waals surface area contributed by atoms with Crippen LogP contribution in [0.1, 0.15) is 11.1 Å². The second kappa shape index (κ2) is 6.35. The summed E-state index contributed by atoms with van der Waals surface area (Å²) < 4.78 is 15.6. The lowest BCUT2D eigenvalue weighted by Crippen LogP contribution is -2.03. The number of hydrogen-bond acceptors (Lipinski definition) is 4. The first-order valence-corrected chi connectivity index (χ1v) is 5.10. The first kappa shape index (κ1) is 12.8. The number of methoxy groups -OCH3 is 3. The number of rotatable bonds is 6. The van der Waals surface area contributed by atoms with Crippen LogP contribution >= 0.6 is 0 Å². The molecule has 0 fully saturated rings. The number of hydrogen-bond donors (Lipinski definition) is 1. The first-order valence-electron chi connectivity index (χ1n) is 5.10. The topological polar surface area (TPSA) is 47.9 Å². The van der Waals surface area contributed by atoms with Gasteiger partial charge in [-0.15, -0.1) is 0 Å². The summed E-state index contributed by atoms with van der Waals surface area (Å²) in [6.07, 6.45) is 0.547. The highest BCUT2D eigenvalue weighted by atomic mass is 16.5. The zero-order valence-electron chi connectivity index (χ0n) is 9.95. The standard InChI is InChI=1S/C12H18O4/c1-14-8-9-6-10(15-2)7-12(16-3)11(9)4-5-13/h6-7,13H,4-5,8H2,1-3H3. The van der Waals surface area contributed by atoms with Crippen molar-refractivity contribution >= 4 is 0 Å². The van der Waals surface area contributed by atoms with Crippen LogP contribution in [0.25, 0.3) is 0 Å². The molecule has 0 aliphatic carbocycles. The highest BCUT2D eigenvalue weighted by Crippen LogP contribution is 2.29. The summed E-state index contributed by atoms with van der Waals surface area (Å²) in [6, 6.07) is 3.71. The van der Waals surface area contributed by atoms with Crippen molar-refractivity contribution in [2.24, 2.45) is 0 Å². The largest absolute Gasteiger partial charge is 0.497 e. The summed E-state index contributed by atoms with van der Waals surface area (Å²) in [5.74, 6) is 1.45. The maximum atomic E-state index is 9.03. The molecule has 0 saturated carbocycles. The monoisotopic (exact) mass is 226 g/mol. The average Bonchev–Trinajstić information content (AvgIpc) is 2.31. The Bertz CT molecular complexity index is 336. The lowest BCUT2D eigenvalue weighted by molar-refractivity contribution is 0.183. The average molecular weight is 226 g/mol. The van der Waals surface area contributed by atoms with E-state index in [-0.39, 0.29) is 6.61 Å². The smallest absolute Gasteiger partial charge is 0.126 e. The summed E-state index contributed by atoms with van der Waals surface area (Å²) >= 11 is 0. The molecule has 1 aromatic carbocycles. The summed E-state index contributed by atoms with van der Waals surface area (Å²) in [5.41, 5.74) is 1.94. The van der Waals surface area contributed by atoms with Crippen LogP contribution in [0.3, 0.4) is 0 Å². The molecule has 0 bridgehead atoms. The van der Waals surface area contributed by atoms with Gasteiger partial charge in [0.25, 0.3) is 0 Å². The van der Waals surface area contributed by atoms with Crippen LogP contribution in [0.4, 0.5) is 0 Å². The molecule has 90 valence electrons. The molecule has 4 heteroatoms. The predicted molar refractivity (Wildman–Crippen MR) is 61.0 cm³/mol. The molecule has 0 aliphatic rings. The van der Waals surface area contributed by atoms with E-state index in [4.69, 9.17) is 19.3 Å². The Hall–Kier alpha value is -1.26. The SMILES string of the molecule is COCc1cc(OC)cc(OC)c1CCO. The van der Waals surface area contributed by atoms with Gasteiger partial charge in [0, 0.05) is 25.3 Å². The molecule has 0 aliphatic heterocycles. The lowest BCUT2D eigenvalue weighted by Gasteiger charge is -2.14. The fraction of sp³-hybridized carbons (Fsp3) is 0.500. The second-order valence-electron chi connectivity index (χ2n) is 3.37. The van der Waals surface area contributed by atoms with Crippen LogP contribution in [-0.2, 0) is 17.8 Å². The fourth-order valence-electron chi connectivity index (χ4n) is 1.65. The van der Waals surface area contributed by atoms with E-state index < -0.39 is 0 Å². The van der Waals surface area contributed by atoms with Gasteiger partial charge in [0.15, 0.2) is 0 Å². The molecule has 0 spiro atoms. The molecule has 0 saturated heterocycles. The third-order valence-electron chi connectivity index (χ3n) is 2.39. The van der Waals surface area contributed by atoms with E-state index in [2.05, 4.69) is 0 Å². The molecule has 0 aromatic heterocycles. The third-order valence-corrected chi connectivity index (χ3v) is 2.39. The Morgan fingerprint density at radius 3 is 2.38 bits per heavy atom. The lowest BCUT2D eigenvalue weighted by atomic mass is 10.0. The molecule has 0 radical (unpaired) electrons. The van der Waals surface area contributed by atoms with Crippen molar-refractivity contribution < 1.29 is 19.3 Å². The van der Waals surface area contributed by atoms with Crippen molar-refractivity contribution in [3.63, 3.8) is 0 Å². The molecule has 0 heterocycles. The van der Waals surface area contributed by atoms with Crippen LogP contribution in [0.2, 0.25) is 0 Å². The van der Waals surface area contributed by atoms with Crippen molar-refractivity contribution in [1.29, 1.82) is 0 Å². The zero-order chi connectivity index (χ0) is 12.0. The minimum Gasteiger partial charge on any atom is -0.497 e. The van der Waals surface area contributed by atoms with Gasteiger partial charge >= 0.3 is 0 Å². The Morgan fingerprint density at radius 2 is 1.88 bits per heavy atom. The van der Waals surface area contributed by atoms with E-state index >= 15 is 0 Å². The van der Waals surface area contributed by atoms with E-state index in [1.165, 1.54) is 0 Å². The fourth-order valence-corrected chi connectivity index (χ4v) is 1.65. The van der Waals surface area contributed by atoms with E-state index in [0.29, 0.717) is 13.0 Å². The molecule has 1 rings (SSSR count). The van der Waals surface area contributed by atoms with Crippen molar-refractivity contribution in [2.45, 2.75) is 13.0 Å². The molecule has 1 aromatic rings. The molecule has 0 unspecified atom stereocenters. The van der Waals surface area contributed by atoms with Gasteiger partial charge in [-0.2, -0.15) is 0 Å². The van der Waals surface area contributed by atoms with Crippen LogP contribution < -0.4 is 9.47 Å². The van der Waals surface area contributed by atoms with Gasteiger partial charge < -0.3 is 19.3 Å². The Kier molecular flexibility index (Phi) is 5.08. The van der Waals surface area contributed by atoms with Crippen LogP contribution in [0.5, 0.6) is 11.5 Å². The van der Waals surface area contributed by atoms with Crippen LogP contribution in [-0.4, -0.2) is 33.0 Å². The summed E-state index contributed by atoms with van der Waals surface area (Å²) in [4.78, 5) is 0. The van der Waals surface area contributed by atoms with Crippen LogP contribution in [0.15, 0.2) is 12.1 Å². The van der Waals surface area contributed by atoms with Crippen molar-refractivity contribution in [1.82, 2.24) is 0 Å². The highest BCUT2D eigenvalue weighted by Gasteiger charge is 2.11. The zero-order valence-corrected chi connectivity index (χ0v) is 9.95. The minimum absolute atomic E-state index is 0.0827. The molecular weight excluding hydrogens is 208 g/mol. The second-order valence-corrected chi connectivity index (χ2v) is 3.37. The number of ether oxygens (including phenoxy) is 3. The third kappa shape index (κ3) is 2.87. The summed E-state index contributed by atoms with van der Waals surface area (Å²) in [6.45, 7) is 0.558. The van der Waals surface area contributed by atoms with Gasteiger partial charge in [0.05, 0.1) is 20.8 Å². The van der Waals surface area contributed by atoms with Gasteiger partial charge in [0.2, 0.25) is 0 Å². The maximum Gasteiger partial charge on any atom is 0.126 e. The van der Waals surface area contributed by atoms with E-state index in [1.54, 1.807) is 21.3 Å². The first-order chi connectivity index (χ1) is 7.76. The Balaban J connectivity index is 3.17. The predicted octanol–water partition coefficient (Wildman–Crippen LogP) is 1.39. The minimum atomic E-state index is 0.0827. The normalized spacial score (nSPS) is 10.2. The van der Waals surface area contributed by atoms with Gasteiger partial charge in [-0.1, -0.05) is 0 Å². The van der Waals surface area contributed by atoms with Gasteiger partial charge in [-0.05, 0) is 18.1 Å². The van der Waals surface area contributed by atoms with E-state index in [0.717, 1.165) is 22.6 Å². The molecule has 4 nitrogen and oxygen atoms in total. The van der Waals surface area contributed by atoms with Crippen molar-refractivity contribution in [3.05, 3.63) is 23.3 Å². The molecule has 0 atom stereocenters. The van der Waals surface area contributed by atoms with Crippen LogP contribution in [0, 0.1) is 0 Å². The van der Waals surface area contributed by atoms with Gasteiger partial charge in [0.1, 0.15) is 11.5 Å². The van der Waals surface area contributed by atoms with Gasteiger partial charge in [-0.25, -0.2) is 0 Å². The quantitative estimate of drug-likeness (QED) is 0.796. The maximum absolute atomic E-state index is 9.03. The summed E-state index contributed by atoms with van der Waals surface area (Å²) in [5, 5.41) is 9.03. The number of aliphatic hydroxyl groups excluding tert-OH is 1. The van der Waals surface area contributed by atoms with E-state index in [9.17, 15) is 0 Å². The van der Waals surface area contributed by atoms with Crippen molar-refractivity contribution in [3.8, 4) is 11.5 Å². The molecular formula is C12H18O4. The molecule has 1 N–H and O–H groups in total. The summed E-state index contributed by atoms with van der Waals surface area (Å²) in [7, 11) is 4.85. The van der Waals surface area contributed by atoms with Gasteiger partial charge in [-0.3, -0.25) is 0 Å². The molecule has 16 heavy (non-hydrogen) atoms. The Morgan fingerprint density at radius 1 is 1.12 bits per heavy atom. The Labute approximate surface area is 95.8 Å². The van der Waals surface area contributed by atoms with Crippen molar-refractivity contribution in [2.75, 3.05) is 27.9 Å². The number of aliphatic hydroxyl groups is 1. The number of benzene rings is 1.